The summed E-state index contributed by atoms with van der Waals surface area (Å²) in [5, 5.41) is 0. The van der Waals surface area contributed by atoms with E-state index in [0.29, 0.717) is 13.2 Å². The van der Waals surface area contributed by atoms with Gasteiger partial charge in [0.25, 0.3) is 0 Å². The lowest BCUT2D eigenvalue weighted by Gasteiger charge is -2.29. The van der Waals surface area contributed by atoms with Crippen LogP contribution in [-0.2, 0) is 5.41 Å². The third-order valence-electron chi connectivity index (χ3n) is 4.62. The molecule has 0 aromatic heterocycles. The highest BCUT2D eigenvalue weighted by molar-refractivity contribution is 9.11. The molecule has 0 spiro atoms. The van der Waals surface area contributed by atoms with Crippen molar-refractivity contribution in [3.05, 3.63) is 53.3 Å². The van der Waals surface area contributed by atoms with Crippen LogP contribution in [0.2, 0.25) is 0 Å². The molecule has 2 rings (SSSR count). The van der Waals surface area contributed by atoms with Crippen molar-refractivity contribution in [3.8, 4) is 11.5 Å². The van der Waals surface area contributed by atoms with Crippen LogP contribution in [0.4, 0.5) is 0 Å². The molecule has 172 valence electrons. The van der Waals surface area contributed by atoms with Crippen molar-refractivity contribution in [1.29, 1.82) is 0 Å². The van der Waals surface area contributed by atoms with E-state index in [2.05, 4.69) is 102 Å². The summed E-state index contributed by atoms with van der Waals surface area (Å²) in [6, 6.07) is 8.36. The van der Waals surface area contributed by atoms with Gasteiger partial charge in [-0.25, -0.2) is 0 Å². The Bertz CT molecular complexity index is 826. The molecular weight excluding hydrogens is 656 g/mol. The predicted molar refractivity (Wildman–Crippen MR) is 143 cm³/mol. The summed E-state index contributed by atoms with van der Waals surface area (Å²) in [5.41, 5.74) is 13.3. The van der Waals surface area contributed by atoms with E-state index in [0.717, 1.165) is 40.5 Å². The van der Waals surface area contributed by atoms with Gasteiger partial charge in [-0.1, -0.05) is 13.8 Å². The molecule has 0 fully saturated rings. The molecule has 31 heavy (non-hydrogen) atoms. The first-order valence-electron chi connectivity index (χ1n) is 9.84. The second-order valence-corrected chi connectivity index (χ2v) is 13.1. The summed E-state index contributed by atoms with van der Waals surface area (Å²) in [6.45, 7) is 12.9. The fraction of sp³-hybridized carbons (Fsp3) is 0.478. The van der Waals surface area contributed by atoms with E-state index in [1.54, 1.807) is 0 Å². The van der Waals surface area contributed by atoms with Crippen LogP contribution >= 0.6 is 63.7 Å². The van der Waals surface area contributed by atoms with Gasteiger partial charge in [0.15, 0.2) is 0 Å². The molecule has 2 aromatic carbocycles. The summed E-state index contributed by atoms with van der Waals surface area (Å²) in [6.07, 6.45) is 0. The second-order valence-electron chi connectivity index (χ2n) is 9.72. The van der Waals surface area contributed by atoms with Crippen molar-refractivity contribution in [2.75, 3.05) is 13.2 Å². The van der Waals surface area contributed by atoms with Gasteiger partial charge >= 0.3 is 0 Å². The van der Waals surface area contributed by atoms with Crippen LogP contribution in [0.15, 0.2) is 42.2 Å². The van der Waals surface area contributed by atoms with Gasteiger partial charge in [0, 0.05) is 16.5 Å². The molecule has 0 aliphatic rings. The molecule has 0 radical (unpaired) electrons. The summed E-state index contributed by atoms with van der Waals surface area (Å²) in [5.74, 6) is 1.49. The lowest BCUT2D eigenvalue weighted by molar-refractivity contribution is 0.240. The van der Waals surface area contributed by atoms with Gasteiger partial charge < -0.3 is 20.9 Å². The number of hydrogen-bond acceptors (Lipinski definition) is 4. The Kier molecular flexibility index (Phi) is 8.77. The lowest BCUT2D eigenvalue weighted by Crippen LogP contribution is -2.38. The van der Waals surface area contributed by atoms with E-state index in [1.165, 1.54) is 0 Å². The minimum Gasteiger partial charge on any atom is -0.489 e. The molecule has 0 saturated heterocycles. The zero-order valence-electron chi connectivity index (χ0n) is 18.7. The molecule has 0 amide bonds. The first-order valence-corrected chi connectivity index (χ1v) is 13.0. The molecule has 0 saturated carbocycles. The first kappa shape index (κ1) is 27.1. The van der Waals surface area contributed by atoms with Gasteiger partial charge in [-0.15, -0.1) is 0 Å². The average Bonchev–Trinajstić information content (AvgIpc) is 2.58. The van der Waals surface area contributed by atoms with Gasteiger partial charge in [0.05, 0.1) is 17.9 Å². The summed E-state index contributed by atoms with van der Waals surface area (Å²) in [4.78, 5) is 0. The zero-order valence-corrected chi connectivity index (χ0v) is 25.1. The quantitative estimate of drug-likeness (QED) is 0.306. The van der Waals surface area contributed by atoms with Crippen LogP contribution in [0.3, 0.4) is 0 Å². The van der Waals surface area contributed by atoms with Crippen molar-refractivity contribution in [2.24, 2.45) is 11.5 Å². The largest absolute Gasteiger partial charge is 0.489 e. The molecule has 0 unspecified atom stereocenters. The lowest BCUT2D eigenvalue weighted by atomic mass is 9.78. The molecule has 4 nitrogen and oxygen atoms in total. The molecule has 8 heteroatoms. The number of hydrogen-bond donors (Lipinski definition) is 2. The number of halogens is 4. The van der Waals surface area contributed by atoms with Crippen molar-refractivity contribution in [2.45, 2.75) is 58.0 Å². The van der Waals surface area contributed by atoms with Crippen LogP contribution in [0, 0.1) is 0 Å². The van der Waals surface area contributed by atoms with Crippen molar-refractivity contribution in [3.63, 3.8) is 0 Å². The Morgan fingerprint density at radius 3 is 1.10 bits per heavy atom. The van der Waals surface area contributed by atoms with Crippen molar-refractivity contribution >= 4 is 63.7 Å². The Labute approximate surface area is 219 Å². The fourth-order valence-corrected chi connectivity index (χ4v) is 5.63. The van der Waals surface area contributed by atoms with E-state index in [9.17, 15) is 0 Å². The van der Waals surface area contributed by atoms with Crippen LogP contribution in [-0.4, -0.2) is 24.3 Å². The van der Waals surface area contributed by atoms with E-state index >= 15 is 0 Å². The Morgan fingerprint density at radius 1 is 0.613 bits per heavy atom. The maximum Gasteiger partial charge on any atom is 0.147 e. The van der Waals surface area contributed by atoms with Gasteiger partial charge in [0.1, 0.15) is 24.7 Å². The highest BCUT2D eigenvalue weighted by Crippen LogP contribution is 2.44. The monoisotopic (exact) mass is 682 g/mol. The SMILES string of the molecule is CC(C)(N)COc1c(Br)cc(C(C)(C)c2cc(Br)c(OCC(C)(C)N)c(Br)c2)cc1Br. The van der Waals surface area contributed by atoms with Crippen molar-refractivity contribution < 1.29 is 9.47 Å². The Morgan fingerprint density at radius 2 is 0.871 bits per heavy atom. The highest BCUT2D eigenvalue weighted by Gasteiger charge is 2.28. The summed E-state index contributed by atoms with van der Waals surface area (Å²) in [7, 11) is 0. The van der Waals surface area contributed by atoms with Crippen molar-refractivity contribution in [1.82, 2.24) is 0 Å². The smallest absolute Gasteiger partial charge is 0.147 e. The Balaban J connectivity index is 2.38. The third kappa shape index (κ3) is 7.44. The predicted octanol–water partition coefficient (Wildman–Crippen LogP) is 7.29. The molecule has 0 aliphatic carbocycles. The Hall–Kier alpha value is -0.120. The number of benzene rings is 2. The maximum atomic E-state index is 6.06. The molecule has 0 aliphatic heterocycles. The maximum absolute atomic E-state index is 6.06. The second kappa shape index (κ2) is 10.0. The van der Waals surface area contributed by atoms with Crippen LogP contribution in [0.5, 0.6) is 11.5 Å². The third-order valence-corrected chi connectivity index (χ3v) is 6.97. The van der Waals surface area contributed by atoms with E-state index < -0.39 is 11.1 Å². The topological polar surface area (TPSA) is 70.5 Å². The van der Waals surface area contributed by atoms with Gasteiger partial charge in [0.2, 0.25) is 0 Å². The van der Waals surface area contributed by atoms with Gasteiger partial charge in [-0.05, 0) is 127 Å². The summed E-state index contributed by atoms with van der Waals surface area (Å²) >= 11 is 14.7. The van der Waals surface area contributed by atoms with E-state index in [-0.39, 0.29) is 5.41 Å². The molecule has 0 atom stereocenters. The molecule has 2 aromatic rings. The van der Waals surface area contributed by atoms with Crippen LogP contribution < -0.4 is 20.9 Å². The zero-order chi connectivity index (χ0) is 23.8. The number of ether oxygens (including phenoxy) is 2. The minimum atomic E-state index is -0.418. The molecule has 0 bridgehead atoms. The first-order chi connectivity index (χ1) is 14.0. The van der Waals surface area contributed by atoms with Crippen LogP contribution in [0.1, 0.15) is 52.7 Å². The fourth-order valence-electron chi connectivity index (χ4n) is 2.80. The molecule has 4 N–H and O–H groups in total. The van der Waals surface area contributed by atoms with E-state index in [1.807, 2.05) is 27.7 Å². The number of rotatable bonds is 8. The molecular formula is C23H30Br4N2O2. The summed E-state index contributed by atoms with van der Waals surface area (Å²) < 4.78 is 15.4. The van der Waals surface area contributed by atoms with Gasteiger partial charge in [-0.3, -0.25) is 0 Å². The molecule has 0 heterocycles. The van der Waals surface area contributed by atoms with Gasteiger partial charge in [-0.2, -0.15) is 0 Å². The van der Waals surface area contributed by atoms with E-state index in [4.69, 9.17) is 20.9 Å². The normalized spacial score (nSPS) is 12.8. The average molecular weight is 686 g/mol. The highest BCUT2D eigenvalue weighted by atomic mass is 79.9. The standard InChI is InChI=1S/C23H30Br4N2O2/c1-21(2,28)11-30-19-15(24)7-13(8-16(19)25)23(5,6)14-9-17(26)20(18(27)10-14)31-12-22(3,4)29/h7-10H,11-12,28-29H2,1-6H3. The minimum absolute atomic E-state index is 0.284. The number of nitrogens with two attached hydrogens (primary N) is 2. The van der Waals surface area contributed by atoms with Crippen LogP contribution in [0.25, 0.3) is 0 Å².